The van der Waals surface area contributed by atoms with Crippen LogP contribution in [0.3, 0.4) is 0 Å². The quantitative estimate of drug-likeness (QED) is 0.646. The largest absolute Gasteiger partial charge is 0.256 e. The van der Waals surface area contributed by atoms with Crippen molar-refractivity contribution >= 4 is 10.9 Å². The molecule has 0 atom stereocenters. The summed E-state index contributed by atoms with van der Waals surface area (Å²) in [7, 11) is 0. The van der Waals surface area contributed by atoms with Gasteiger partial charge in [-0.25, -0.2) is 0 Å². The van der Waals surface area contributed by atoms with E-state index >= 15 is 0 Å². The highest BCUT2D eigenvalue weighted by Gasteiger charge is 2.09. The first kappa shape index (κ1) is 10.4. The average molecular weight is 231 g/mol. The van der Waals surface area contributed by atoms with Crippen molar-refractivity contribution in [1.82, 2.24) is 9.97 Å². The Hall–Kier alpha value is -2.73. The number of benzene rings is 1. The van der Waals surface area contributed by atoms with E-state index in [1.807, 2.05) is 30.3 Å². The molecule has 1 aromatic carbocycles. The van der Waals surface area contributed by atoms with Crippen LogP contribution in [0.15, 0.2) is 54.9 Å². The number of pyridine rings is 2. The number of fused-ring (bicyclic) bond motifs is 1. The third-order valence-electron chi connectivity index (χ3n) is 2.82. The van der Waals surface area contributed by atoms with Crippen molar-refractivity contribution in [2.24, 2.45) is 0 Å². The highest BCUT2D eigenvalue weighted by molar-refractivity contribution is 5.93. The second-order valence-corrected chi connectivity index (χ2v) is 3.89. The van der Waals surface area contributed by atoms with E-state index < -0.39 is 0 Å². The summed E-state index contributed by atoms with van der Waals surface area (Å²) in [5, 5.41) is 10.2. The van der Waals surface area contributed by atoms with Crippen LogP contribution in [0, 0.1) is 11.3 Å². The lowest BCUT2D eigenvalue weighted by Gasteiger charge is -2.06. The summed E-state index contributed by atoms with van der Waals surface area (Å²) >= 11 is 0. The van der Waals surface area contributed by atoms with E-state index in [0.717, 1.165) is 16.5 Å². The van der Waals surface area contributed by atoms with E-state index in [1.54, 1.807) is 24.5 Å². The molecule has 0 spiro atoms. The Kier molecular flexibility index (Phi) is 2.47. The smallest absolute Gasteiger partial charge is 0.101 e. The molecule has 0 aliphatic carbocycles. The summed E-state index contributed by atoms with van der Waals surface area (Å²) in [6.45, 7) is 0. The fourth-order valence-electron chi connectivity index (χ4n) is 2.01. The molecule has 3 heteroatoms. The molecular weight excluding hydrogens is 222 g/mol. The second-order valence-electron chi connectivity index (χ2n) is 3.89. The zero-order chi connectivity index (χ0) is 12.4. The molecule has 18 heavy (non-hydrogen) atoms. The van der Waals surface area contributed by atoms with Crippen molar-refractivity contribution in [3.63, 3.8) is 0 Å². The lowest BCUT2D eigenvalue weighted by Crippen LogP contribution is -1.90. The Balaban J connectivity index is 2.36. The van der Waals surface area contributed by atoms with Gasteiger partial charge in [0.2, 0.25) is 0 Å². The van der Waals surface area contributed by atoms with E-state index in [9.17, 15) is 0 Å². The number of rotatable bonds is 1. The van der Waals surface area contributed by atoms with Gasteiger partial charge in [0.05, 0.1) is 16.8 Å². The van der Waals surface area contributed by atoms with Gasteiger partial charge < -0.3 is 0 Å². The predicted molar refractivity (Wildman–Crippen MR) is 69.7 cm³/mol. The highest BCUT2D eigenvalue weighted by atomic mass is 14.7. The van der Waals surface area contributed by atoms with Crippen LogP contribution in [0.4, 0.5) is 0 Å². The van der Waals surface area contributed by atoms with Crippen LogP contribution in [-0.4, -0.2) is 9.97 Å². The molecule has 3 rings (SSSR count). The van der Waals surface area contributed by atoms with Gasteiger partial charge in [-0.2, -0.15) is 5.26 Å². The standard InChI is InChI=1S/C15H9N3/c16-10-12-6-3-9-18-15(12)13-7-1-4-11-5-2-8-17-14(11)13/h1-9H. The van der Waals surface area contributed by atoms with Gasteiger partial charge in [-0.1, -0.05) is 24.3 Å². The Morgan fingerprint density at radius 2 is 1.67 bits per heavy atom. The van der Waals surface area contributed by atoms with Crippen LogP contribution in [0.2, 0.25) is 0 Å². The Morgan fingerprint density at radius 3 is 2.56 bits per heavy atom. The maximum absolute atomic E-state index is 9.14. The monoisotopic (exact) mass is 231 g/mol. The first-order valence-electron chi connectivity index (χ1n) is 5.59. The number of aromatic nitrogens is 2. The lowest BCUT2D eigenvalue weighted by atomic mass is 10.0. The average Bonchev–Trinajstić information content (AvgIpc) is 2.46. The van der Waals surface area contributed by atoms with Gasteiger partial charge in [0, 0.05) is 23.3 Å². The number of para-hydroxylation sites is 1. The molecule has 0 saturated carbocycles. The zero-order valence-electron chi connectivity index (χ0n) is 9.54. The summed E-state index contributed by atoms with van der Waals surface area (Å²) in [6.07, 6.45) is 3.44. The molecule has 0 radical (unpaired) electrons. The van der Waals surface area contributed by atoms with Gasteiger partial charge in [-0.3, -0.25) is 9.97 Å². The normalized spacial score (nSPS) is 10.2. The van der Waals surface area contributed by atoms with E-state index in [0.29, 0.717) is 11.3 Å². The molecule has 3 aromatic rings. The maximum atomic E-state index is 9.14. The highest BCUT2D eigenvalue weighted by Crippen LogP contribution is 2.27. The summed E-state index contributed by atoms with van der Waals surface area (Å²) < 4.78 is 0. The zero-order valence-corrected chi connectivity index (χ0v) is 9.54. The van der Waals surface area contributed by atoms with Crippen molar-refractivity contribution in [3.8, 4) is 17.3 Å². The molecule has 0 fully saturated rings. The molecule has 0 N–H and O–H groups in total. The molecule has 0 unspecified atom stereocenters. The summed E-state index contributed by atoms with van der Waals surface area (Å²) in [4.78, 5) is 8.69. The minimum atomic E-state index is 0.565. The first-order valence-corrected chi connectivity index (χ1v) is 5.59. The van der Waals surface area contributed by atoms with Crippen LogP contribution in [0.25, 0.3) is 22.2 Å². The van der Waals surface area contributed by atoms with Crippen molar-refractivity contribution in [2.75, 3.05) is 0 Å². The van der Waals surface area contributed by atoms with Gasteiger partial charge >= 0.3 is 0 Å². The molecule has 0 aliphatic rings. The topological polar surface area (TPSA) is 49.6 Å². The predicted octanol–water partition coefficient (Wildman–Crippen LogP) is 3.17. The molecule has 0 amide bonds. The third kappa shape index (κ3) is 1.61. The minimum Gasteiger partial charge on any atom is -0.256 e. The van der Waals surface area contributed by atoms with Gasteiger partial charge in [0.1, 0.15) is 6.07 Å². The number of hydrogen-bond donors (Lipinski definition) is 0. The Labute approximate surface area is 104 Å². The van der Waals surface area contributed by atoms with E-state index in [4.69, 9.17) is 5.26 Å². The fraction of sp³-hybridized carbons (Fsp3) is 0. The van der Waals surface area contributed by atoms with Crippen molar-refractivity contribution < 1.29 is 0 Å². The fourth-order valence-corrected chi connectivity index (χ4v) is 2.01. The van der Waals surface area contributed by atoms with Crippen LogP contribution >= 0.6 is 0 Å². The first-order chi connectivity index (χ1) is 8.90. The molecular formula is C15H9N3. The summed E-state index contributed by atoms with van der Waals surface area (Å²) in [5.41, 5.74) is 3.01. The molecule has 0 bridgehead atoms. The van der Waals surface area contributed by atoms with Crippen LogP contribution in [0.5, 0.6) is 0 Å². The van der Waals surface area contributed by atoms with Gasteiger partial charge in [0.25, 0.3) is 0 Å². The van der Waals surface area contributed by atoms with Gasteiger partial charge in [0.15, 0.2) is 0 Å². The molecule has 2 aromatic heterocycles. The third-order valence-corrected chi connectivity index (χ3v) is 2.82. The van der Waals surface area contributed by atoms with E-state index in [1.165, 1.54) is 0 Å². The number of hydrogen-bond acceptors (Lipinski definition) is 3. The van der Waals surface area contributed by atoms with E-state index in [2.05, 4.69) is 16.0 Å². The maximum Gasteiger partial charge on any atom is 0.101 e. The molecule has 0 aliphatic heterocycles. The van der Waals surface area contributed by atoms with Crippen molar-refractivity contribution in [2.45, 2.75) is 0 Å². The minimum absolute atomic E-state index is 0.565. The van der Waals surface area contributed by atoms with Crippen molar-refractivity contribution in [1.29, 1.82) is 5.26 Å². The van der Waals surface area contributed by atoms with Crippen molar-refractivity contribution in [3.05, 3.63) is 60.4 Å². The molecule has 2 heterocycles. The van der Waals surface area contributed by atoms with Gasteiger partial charge in [-0.05, 0) is 18.2 Å². The number of nitrogens with zero attached hydrogens (tertiary/aromatic N) is 3. The van der Waals surface area contributed by atoms with Crippen LogP contribution in [-0.2, 0) is 0 Å². The Morgan fingerprint density at radius 1 is 0.889 bits per heavy atom. The van der Waals surface area contributed by atoms with Crippen LogP contribution < -0.4 is 0 Å². The van der Waals surface area contributed by atoms with Gasteiger partial charge in [-0.15, -0.1) is 0 Å². The molecule has 84 valence electrons. The lowest BCUT2D eigenvalue weighted by molar-refractivity contribution is 1.30. The summed E-state index contributed by atoms with van der Waals surface area (Å²) in [6, 6.07) is 15.5. The second kappa shape index (κ2) is 4.27. The van der Waals surface area contributed by atoms with Crippen LogP contribution in [0.1, 0.15) is 5.56 Å². The summed E-state index contributed by atoms with van der Waals surface area (Å²) in [5.74, 6) is 0. The number of nitriles is 1. The van der Waals surface area contributed by atoms with E-state index in [-0.39, 0.29) is 0 Å². The molecule has 3 nitrogen and oxygen atoms in total. The molecule has 0 saturated heterocycles. The SMILES string of the molecule is N#Cc1cccnc1-c1cccc2cccnc12. The Bertz CT molecular complexity index is 752.